The Morgan fingerprint density at radius 3 is 2.41 bits per heavy atom. The summed E-state index contributed by atoms with van der Waals surface area (Å²) in [6.45, 7) is 5.60. The van der Waals surface area contributed by atoms with Crippen molar-refractivity contribution < 1.29 is 18.3 Å². The zero-order valence-corrected chi connectivity index (χ0v) is 9.98. The van der Waals surface area contributed by atoms with Gasteiger partial charge in [0, 0.05) is 11.5 Å². The number of hydrogen-bond donors (Lipinski definition) is 1. The van der Waals surface area contributed by atoms with Crippen LogP contribution in [0.2, 0.25) is 0 Å². The second-order valence-electron chi connectivity index (χ2n) is 4.44. The predicted octanol–water partition coefficient (Wildman–Crippen LogP) is 1.86. The van der Waals surface area contributed by atoms with E-state index in [2.05, 4.69) is 20.1 Å². The van der Waals surface area contributed by atoms with Gasteiger partial charge in [-0.15, -0.1) is 0 Å². The number of rotatable bonds is 2. The lowest BCUT2D eigenvalue weighted by molar-refractivity contribution is -0.138. The first-order chi connectivity index (χ1) is 7.73. The van der Waals surface area contributed by atoms with E-state index < -0.39 is 18.5 Å². The second kappa shape index (κ2) is 6.36. The number of azide groups is 1. The molecule has 0 saturated carbocycles. The molecule has 1 N–H and O–H groups in total. The van der Waals surface area contributed by atoms with E-state index in [-0.39, 0.29) is 12.1 Å². The molecule has 0 aromatic carbocycles. The smallest absolute Gasteiger partial charge is 0.293 e. The van der Waals surface area contributed by atoms with Crippen LogP contribution in [0.25, 0.3) is 10.4 Å². The van der Waals surface area contributed by atoms with Crippen molar-refractivity contribution in [2.24, 2.45) is 5.11 Å². The van der Waals surface area contributed by atoms with Crippen molar-refractivity contribution in [1.82, 2.24) is 5.32 Å². The fourth-order valence-corrected chi connectivity index (χ4v) is 0.975. The standard InChI is InChI=1S/C5H10O2.C4H6F2N4/c1-5(2,3)7-4-6;5-4(6)2-8-1-3(4)9-10-7/h4H,1-3H3;3,8H,1-2H2. The molecule has 0 radical (unpaired) electrons. The van der Waals surface area contributed by atoms with Gasteiger partial charge in [-0.05, 0) is 26.3 Å². The molecule has 1 aliphatic rings. The van der Waals surface area contributed by atoms with E-state index in [1.54, 1.807) is 0 Å². The first-order valence-electron chi connectivity index (χ1n) is 4.97. The van der Waals surface area contributed by atoms with Crippen LogP contribution >= 0.6 is 0 Å². The normalized spacial score (nSPS) is 21.8. The Hall–Kier alpha value is -1.40. The zero-order valence-electron chi connectivity index (χ0n) is 9.98. The van der Waals surface area contributed by atoms with E-state index in [4.69, 9.17) is 5.53 Å². The molecule has 1 rings (SSSR count). The fourth-order valence-electron chi connectivity index (χ4n) is 0.975. The van der Waals surface area contributed by atoms with Crippen molar-refractivity contribution in [1.29, 1.82) is 0 Å². The minimum absolute atomic E-state index is 0.0665. The zero-order chi connectivity index (χ0) is 13.5. The molecule has 1 atom stereocenters. The van der Waals surface area contributed by atoms with Gasteiger partial charge in [0.05, 0.1) is 6.54 Å². The molecule has 1 saturated heterocycles. The van der Waals surface area contributed by atoms with Crippen molar-refractivity contribution >= 4 is 6.47 Å². The molecule has 0 aliphatic carbocycles. The van der Waals surface area contributed by atoms with Gasteiger partial charge in [-0.1, -0.05) is 5.11 Å². The maximum atomic E-state index is 12.5. The van der Waals surface area contributed by atoms with Gasteiger partial charge >= 0.3 is 0 Å². The number of alkyl halides is 2. The monoisotopic (exact) mass is 250 g/mol. The molecule has 0 aromatic rings. The lowest BCUT2D eigenvalue weighted by Crippen LogP contribution is -2.29. The number of nitrogens with zero attached hydrogens (tertiary/aromatic N) is 3. The van der Waals surface area contributed by atoms with Crippen LogP contribution in [0.15, 0.2) is 5.11 Å². The Morgan fingerprint density at radius 1 is 1.59 bits per heavy atom. The number of hydrogen-bond acceptors (Lipinski definition) is 4. The van der Waals surface area contributed by atoms with Crippen molar-refractivity contribution in [3.63, 3.8) is 0 Å². The van der Waals surface area contributed by atoms with Gasteiger partial charge in [-0.25, -0.2) is 8.78 Å². The summed E-state index contributed by atoms with van der Waals surface area (Å²) >= 11 is 0. The van der Waals surface area contributed by atoms with Crippen LogP contribution in [-0.2, 0) is 9.53 Å². The first kappa shape index (κ1) is 15.6. The average Bonchev–Trinajstić information content (AvgIpc) is 2.45. The van der Waals surface area contributed by atoms with Crippen molar-refractivity contribution in [2.75, 3.05) is 13.1 Å². The first-order valence-corrected chi connectivity index (χ1v) is 4.97. The van der Waals surface area contributed by atoms with Gasteiger partial charge in [-0.3, -0.25) is 4.79 Å². The van der Waals surface area contributed by atoms with E-state index in [9.17, 15) is 13.6 Å². The van der Waals surface area contributed by atoms with Crippen LogP contribution in [0.3, 0.4) is 0 Å². The van der Waals surface area contributed by atoms with Gasteiger partial charge in [0.2, 0.25) is 0 Å². The van der Waals surface area contributed by atoms with Gasteiger partial charge in [-0.2, -0.15) is 0 Å². The molecule has 17 heavy (non-hydrogen) atoms. The second-order valence-corrected chi connectivity index (χ2v) is 4.44. The van der Waals surface area contributed by atoms with E-state index in [0.29, 0.717) is 6.47 Å². The highest BCUT2D eigenvalue weighted by molar-refractivity contribution is 5.37. The highest BCUT2D eigenvalue weighted by Crippen LogP contribution is 2.24. The Kier molecular flexibility index (Phi) is 5.84. The summed E-state index contributed by atoms with van der Waals surface area (Å²) in [6, 6.07) is -1.21. The number of carbonyl (C=O) groups is 1. The Bertz CT molecular complexity index is 298. The third-order valence-corrected chi connectivity index (χ3v) is 1.78. The van der Waals surface area contributed by atoms with Crippen LogP contribution in [0.5, 0.6) is 0 Å². The molecule has 98 valence electrons. The third-order valence-electron chi connectivity index (χ3n) is 1.78. The van der Waals surface area contributed by atoms with E-state index in [1.807, 2.05) is 20.8 Å². The average molecular weight is 250 g/mol. The third kappa shape index (κ3) is 6.70. The number of nitrogens with one attached hydrogen (secondary N) is 1. The van der Waals surface area contributed by atoms with Crippen LogP contribution in [0, 0.1) is 0 Å². The quantitative estimate of drug-likeness (QED) is 0.351. The van der Waals surface area contributed by atoms with E-state index >= 15 is 0 Å². The molecule has 0 bridgehead atoms. The molecule has 6 nitrogen and oxygen atoms in total. The molecule has 8 heteroatoms. The molecule has 0 amide bonds. The molecule has 1 heterocycles. The molecule has 1 aliphatic heterocycles. The number of halogens is 2. The largest absolute Gasteiger partial charge is 0.462 e. The highest BCUT2D eigenvalue weighted by atomic mass is 19.3. The molecular weight excluding hydrogens is 234 g/mol. The molecule has 1 unspecified atom stereocenters. The summed E-state index contributed by atoms with van der Waals surface area (Å²) < 4.78 is 29.5. The molecular formula is C9H16F2N4O2. The van der Waals surface area contributed by atoms with Gasteiger partial charge in [0.15, 0.2) is 0 Å². The number of ether oxygens (including phenoxy) is 1. The summed E-state index contributed by atoms with van der Waals surface area (Å²) in [5, 5.41) is 5.38. The van der Waals surface area contributed by atoms with Crippen LogP contribution < -0.4 is 5.32 Å². The Balaban J connectivity index is 0.000000325. The van der Waals surface area contributed by atoms with Crippen LogP contribution in [-0.4, -0.2) is 37.1 Å². The lowest BCUT2D eigenvalue weighted by Gasteiger charge is -2.14. The van der Waals surface area contributed by atoms with Crippen molar-refractivity contribution in [2.45, 2.75) is 38.3 Å². The Morgan fingerprint density at radius 2 is 2.18 bits per heavy atom. The van der Waals surface area contributed by atoms with E-state index in [0.717, 1.165) is 0 Å². The van der Waals surface area contributed by atoms with Crippen LogP contribution in [0.1, 0.15) is 20.8 Å². The fraction of sp³-hybridized carbons (Fsp3) is 0.889. The predicted molar refractivity (Wildman–Crippen MR) is 57.7 cm³/mol. The Labute approximate surface area is 97.9 Å². The topological polar surface area (TPSA) is 87.1 Å². The van der Waals surface area contributed by atoms with Gasteiger partial charge in [0.1, 0.15) is 11.6 Å². The lowest BCUT2D eigenvalue weighted by atomic mass is 10.2. The van der Waals surface area contributed by atoms with Crippen molar-refractivity contribution in [3.8, 4) is 0 Å². The molecule has 1 fully saturated rings. The maximum absolute atomic E-state index is 12.5. The van der Waals surface area contributed by atoms with E-state index in [1.165, 1.54) is 0 Å². The summed E-state index contributed by atoms with van der Waals surface area (Å²) in [5.41, 5.74) is 7.54. The van der Waals surface area contributed by atoms with Gasteiger partial charge < -0.3 is 10.1 Å². The highest BCUT2D eigenvalue weighted by Gasteiger charge is 2.43. The number of carbonyl (C=O) groups excluding carboxylic acids is 1. The SMILES string of the molecule is CC(C)(C)OC=O.[N-]=[N+]=NC1CNCC1(F)F. The minimum Gasteiger partial charge on any atom is -0.462 e. The minimum atomic E-state index is -2.87. The van der Waals surface area contributed by atoms with Crippen LogP contribution in [0.4, 0.5) is 8.78 Å². The maximum Gasteiger partial charge on any atom is 0.293 e. The summed E-state index contributed by atoms with van der Waals surface area (Å²) in [6.07, 6.45) is 0. The molecule has 0 aromatic heterocycles. The van der Waals surface area contributed by atoms with Gasteiger partial charge in [0.25, 0.3) is 12.4 Å². The summed E-state index contributed by atoms with van der Waals surface area (Å²) in [5.74, 6) is -2.87. The molecule has 0 spiro atoms. The summed E-state index contributed by atoms with van der Waals surface area (Å²) in [4.78, 5) is 11.9. The van der Waals surface area contributed by atoms with Crippen molar-refractivity contribution in [3.05, 3.63) is 10.4 Å². The summed E-state index contributed by atoms with van der Waals surface area (Å²) in [7, 11) is 0.